The maximum Gasteiger partial charge on any atom is 0.410 e. The highest BCUT2D eigenvalue weighted by molar-refractivity contribution is 5.85. The second-order valence-electron chi connectivity index (χ2n) is 19.9. The van der Waals surface area contributed by atoms with Crippen LogP contribution in [0.1, 0.15) is 99.6 Å². The maximum atomic E-state index is 15.0. The fourth-order valence-electron chi connectivity index (χ4n) is 10.8. The molecule has 6 rings (SSSR count). The van der Waals surface area contributed by atoms with Gasteiger partial charge in [0.05, 0.1) is 41.7 Å². The molecule has 0 bridgehead atoms. The van der Waals surface area contributed by atoms with Crippen molar-refractivity contribution in [1.29, 1.82) is 0 Å². The van der Waals surface area contributed by atoms with E-state index in [4.69, 9.17) is 33.4 Å². The van der Waals surface area contributed by atoms with Crippen LogP contribution >= 0.6 is 0 Å². The van der Waals surface area contributed by atoms with E-state index in [-0.39, 0.29) is 43.7 Å². The topological polar surface area (TPSA) is 188 Å². The summed E-state index contributed by atoms with van der Waals surface area (Å²) in [5, 5.41) is 16.2. The van der Waals surface area contributed by atoms with E-state index in [0.29, 0.717) is 37.9 Å². The number of nitrogens with one attached hydrogen (secondary N) is 1. The summed E-state index contributed by atoms with van der Waals surface area (Å²) in [4.78, 5) is 70.4. The molecule has 16 nitrogen and oxygen atoms in total. The van der Waals surface area contributed by atoms with Crippen LogP contribution in [0, 0.1) is 23.7 Å². The van der Waals surface area contributed by atoms with Gasteiger partial charge in [-0.3, -0.25) is 19.4 Å². The van der Waals surface area contributed by atoms with Crippen LogP contribution in [0.2, 0.25) is 0 Å². The molecule has 0 aliphatic carbocycles. The zero-order valence-corrected chi connectivity index (χ0v) is 41.9. The van der Waals surface area contributed by atoms with Crippen LogP contribution in [0.5, 0.6) is 0 Å². The number of rotatable bonds is 15. The number of Topliss-reactive ketones (excluding diaryl/α,β-unsaturated/α-hetero) is 1. The first-order valence-electron chi connectivity index (χ1n) is 24.4. The number of ether oxygens (including phenoxy) is 6. The van der Waals surface area contributed by atoms with Crippen molar-refractivity contribution < 1.29 is 52.7 Å². The van der Waals surface area contributed by atoms with E-state index < -0.39 is 89.7 Å². The van der Waals surface area contributed by atoms with Gasteiger partial charge in [0.1, 0.15) is 29.9 Å². The number of fused-ring (bicyclic) bond motifs is 2. The highest BCUT2D eigenvalue weighted by Crippen LogP contribution is 2.44. The Hall–Kier alpha value is -4.74. The largest absolute Gasteiger partial charge is 0.461 e. The van der Waals surface area contributed by atoms with Crippen LogP contribution in [0.3, 0.4) is 0 Å². The number of aromatic nitrogens is 2. The van der Waals surface area contributed by atoms with Gasteiger partial charge in [0, 0.05) is 67.7 Å². The molecule has 2 N–H and O–H groups in total. The van der Waals surface area contributed by atoms with Crippen LogP contribution < -0.4 is 5.32 Å². The fraction of sp³-hybridized carbons (Fsp3) is 0.654. The second kappa shape index (κ2) is 22.8. The molecule has 3 fully saturated rings. The van der Waals surface area contributed by atoms with E-state index in [1.807, 2.05) is 109 Å². The average molecular weight is 946 g/mol. The first kappa shape index (κ1) is 52.6. The number of aliphatic hydroxyl groups excluding tert-OH is 1. The zero-order chi connectivity index (χ0) is 49.5. The SMILES string of the molecule is CC[C@@H]1OC(=O)[C@H](C)[C@H](OC(=O)CCc2ccccn2)[C@@H](C)[C@@H](OC2O[C@H](C)C[C@H](N(C)C)[C@H]2O)[C@](C)(OC)C[C@@H](C)C(=O)[C@@H](C)[C@@H]2N(CCCCNc3ccc4ccccc4n3)C(=O)O[C@]12C. The van der Waals surface area contributed by atoms with E-state index in [2.05, 4.69) is 10.3 Å². The number of pyridine rings is 2. The minimum absolute atomic E-state index is 0.0233. The Balaban J connectivity index is 1.33. The van der Waals surface area contributed by atoms with Crippen LogP contribution in [0.15, 0.2) is 60.8 Å². The molecule has 3 aliphatic rings. The van der Waals surface area contributed by atoms with Crippen LogP contribution in [0.25, 0.3) is 10.9 Å². The van der Waals surface area contributed by atoms with Gasteiger partial charge in [0.15, 0.2) is 11.9 Å². The van der Waals surface area contributed by atoms with E-state index in [1.54, 1.807) is 31.0 Å². The number of esters is 2. The summed E-state index contributed by atoms with van der Waals surface area (Å²) >= 11 is 0. The van der Waals surface area contributed by atoms with Crippen LogP contribution in [-0.2, 0) is 49.2 Å². The van der Waals surface area contributed by atoms with Gasteiger partial charge in [-0.05, 0) is 104 Å². The van der Waals surface area contributed by atoms with Gasteiger partial charge < -0.3 is 48.6 Å². The van der Waals surface area contributed by atoms with Gasteiger partial charge in [-0.2, -0.15) is 0 Å². The number of anilines is 1. The Labute approximate surface area is 402 Å². The molecule has 0 saturated carbocycles. The van der Waals surface area contributed by atoms with Gasteiger partial charge in [0.2, 0.25) is 0 Å². The van der Waals surface area contributed by atoms with Crippen molar-refractivity contribution >= 4 is 40.5 Å². The van der Waals surface area contributed by atoms with Gasteiger partial charge in [-0.25, -0.2) is 9.78 Å². The van der Waals surface area contributed by atoms with Crippen LogP contribution in [0.4, 0.5) is 10.6 Å². The highest BCUT2D eigenvalue weighted by atomic mass is 16.7. The number of para-hydroxylation sites is 1. The van der Waals surface area contributed by atoms with Crippen molar-refractivity contribution in [2.75, 3.05) is 39.6 Å². The van der Waals surface area contributed by atoms with Crippen LogP contribution in [-0.4, -0.2) is 143 Å². The molecule has 3 aromatic rings. The first-order chi connectivity index (χ1) is 32.3. The molecule has 2 aromatic heterocycles. The Morgan fingerprint density at radius 3 is 2.41 bits per heavy atom. The predicted octanol–water partition coefficient (Wildman–Crippen LogP) is 7.00. The number of aryl methyl sites for hydroxylation is 1. The molecular formula is C52H75N5O11. The van der Waals surface area contributed by atoms with Crippen molar-refractivity contribution in [2.24, 2.45) is 23.7 Å². The quantitative estimate of drug-likeness (QED) is 0.0900. The maximum absolute atomic E-state index is 15.0. The third kappa shape index (κ3) is 11.8. The van der Waals surface area contributed by atoms with Crippen molar-refractivity contribution in [1.82, 2.24) is 19.8 Å². The van der Waals surface area contributed by atoms with Gasteiger partial charge in [-0.1, -0.05) is 52.0 Å². The summed E-state index contributed by atoms with van der Waals surface area (Å²) in [6.07, 6.45) is -2.12. The van der Waals surface area contributed by atoms with Gasteiger partial charge in [-0.15, -0.1) is 0 Å². The number of aliphatic hydroxyl groups is 1. The molecule has 1 amide bonds. The summed E-state index contributed by atoms with van der Waals surface area (Å²) in [7, 11) is 5.30. The molecule has 3 aliphatic heterocycles. The molecule has 1 unspecified atom stereocenters. The smallest absolute Gasteiger partial charge is 0.410 e. The van der Waals surface area contributed by atoms with Gasteiger partial charge >= 0.3 is 18.0 Å². The number of likely N-dealkylation sites (N-methyl/N-ethyl adjacent to an activating group) is 1. The average Bonchev–Trinajstić information content (AvgIpc) is 3.58. The van der Waals surface area contributed by atoms with Crippen molar-refractivity contribution in [3.63, 3.8) is 0 Å². The Morgan fingerprint density at radius 2 is 1.72 bits per heavy atom. The number of carbonyl (C=O) groups is 4. The Morgan fingerprint density at radius 1 is 0.985 bits per heavy atom. The van der Waals surface area contributed by atoms with Crippen molar-refractivity contribution in [3.05, 3.63) is 66.5 Å². The molecule has 374 valence electrons. The number of ketones is 1. The number of carbonyl (C=O) groups excluding carboxylic acids is 4. The summed E-state index contributed by atoms with van der Waals surface area (Å²) < 4.78 is 38.6. The standard InChI is InChI=1S/C52H75N5O11/c1-12-40-52(8)46(57(50(62)68-52)28-18-17-27-54-41-24-22-36-19-13-14-21-38(36)55-41)33(4)43(59)31(2)30-51(7,63-11)47(67-49-44(60)39(56(9)10)29-32(3)64-49)34(5)45(35(6)48(61)65-40)66-42(58)25-23-37-20-15-16-26-53-37/h13-16,19-22,24,26,31-35,39-40,44-47,49,60H,12,17-18,23,25,27-30H2,1-11H3,(H,54,55)/t31-,32-,33-,34-,35-,39+,40+,44-,45-,46+,47-,49?,51-,52-/m1/s1. The molecule has 16 heteroatoms. The first-order valence-corrected chi connectivity index (χ1v) is 24.4. The van der Waals surface area contributed by atoms with E-state index >= 15 is 4.79 Å². The lowest BCUT2D eigenvalue weighted by atomic mass is 9.73. The van der Waals surface area contributed by atoms with E-state index in [1.165, 1.54) is 7.11 Å². The zero-order valence-electron chi connectivity index (χ0n) is 41.9. The third-order valence-electron chi connectivity index (χ3n) is 14.6. The number of hydrogen-bond donors (Lipinski definition) is 2. The summed E-state index contributed by atoms with van der Waals surface area (Å²) in [6.45, 7) is 15.3. The molecule has 0 radical (unpaired) electrons. The number of nitrogens with zero attached hydrogens (tertiary/aromatic N) is 4. The third-order valence-corrected chi connectivity index (χ3v) is 14.6. The predicted molar refractivity (Wildman–Crippen MR) is 256 cm³/mol. The van der Waals surface area contributed by atoms with Crippen molar-refractivity contribution in [3.8, 4) is 0 Å². The second-order valence-corrected chi connectivity index (χ2v) is 19.9. The van der Waals surface area contributed by atoms with E-state index in [0.717, 1.165) is 16.7 Å². The van der Waals surface area contributed by atoms with Crippen molar-refractivity contribution in [2.45, 2.75) is 160 Å². The molecular weight excluding hydrogens is 871 g/mol. The number of amides is 1. The number of benzene rings is 1. The number of unbranched alkanes of at least 4 members (excludes halogenated alkanes) is 1. The molecule has 0 spiro atoms. The number of cyclic esters (lactones) is 1. The normalized spacial score (nSPS) is 34.0. The monoisotopic (exact) mass is 946 g/mol. The molecule has 68 heavy (non-hydrogen) atoms. The lowest BCUT2D eigenvalue weighted by Crippen LogP contribution is -2.61. The Bertz CT molecular complexity index is 2180. The number of methoxy groups -OCH3 is 1. The number of hydrogen-bond acceptors (Lipinski definition) is 15. The highest BCUT2D eigenvalue weighted by Gasteiger charge is 2.60. The summed E-state index contributed by atoms with van der Waals surface area (Å²) in [5.41, 5.74) is -1.13. The van der Waals surface area contributed by atoms with Gasteiger partial charge in [0.25, 0.3) is 0 Å². The minimum Gasteiger partial charge on any atom is -0.461 e. The lowest BCUT2D eigenvalue weighted by molar-refractivity contribution is -0.301. The molecule has 14 atom stereocenters. The van der Waals surface area contributed by atoms with E-state index in [9.17, 15) is 19.5 Å². The molecule has 3 saturated heterocycles. The fourth-order valence-corrected chi connectivity index (χ4v) is 10.8. The summed E-state index contributed by atoms with van der Waals surface area (Å²) in [6, 6.07) is 16.2. The lowest BCUT2D eigenvalue weighted by Gasteiger charge is -2.48. The molecule has 1 aromatic carbocycles. The Kier molecular flexibility index (Phi) is 17.6. The minimum atomic E-state index is -1.43. The summed E-state index contributed by atoms with van der Waals surface area (Å²) in [5.74, 6) is -3.97. The molecule has 5 heterocycles.